The van der Waals surface area contributed by atoms with Gasteiger partial charge < -0.3 is 15.1 Å². The van der Waals surface area contributed by atoms with Gasteiger partial charge >= 0.3 is 0 Å². The van der Waals surface area contributed by atoms with E-state index in [-0.39, 0.29) is 5.91 Å². The molecular formula is C19H25N5O. The maximum Gasteiger partial charge on any atom is 0.272 e. The van der Waals surface area contributed by atoms with Crippen LogP contribution >= 0.6 is 0 Å². The third-order valence-electron chi connectivity index (χ3n) is 5.20. The van der Waals surface area contributed by atoms with Crippen LogP contribution in [0.15, 0.2) is 24.3 Å². The average Bonchev–Trinajstić information content (AvgIpc) is 3.34. The summed E-state index contributed by atoms with van der Waals surface area (Å²) in [6.45, 7) is 5.87. The van der Waals surface area contributed by atoms with Crippen molar-refractivity contribution < 1.29 is 4.79 Å². The summed E-state index contributed by atoms with van der Waals surface area (Å²) in [6, 6.07) is 7.97. The number of rotatable bonds is 5. The van der Waals surface area contributed by atoms with Gasteiger partial charge in [-0.3, -0.25) is 4.79 Å². The molecule has 2 aliphatic heterocycles. The van der Waals surface area contributed by atoms with E-state index in [2.05, 4.69) is 25.3 Å². The summed E-state index contributed by atoms with van der Waals surface area (Å²) in [4.78, 5) is 17.3. The zero-order valence-electron chi connectivity index (χ0n) is 14.6. The molecule has 2 saturated heterocycles. The van der Waals surface area contributed by atoms with E-state index < -0.39 is 0 Å². The second-order valence-corrected chi connectivity index (χ2v) is 6.92. The van der Waals surface area contributed by atoms with Gasteiger partial charge in [-0.15, -0.1) is 10.2 Å². The largest absolute Gasteiger partial charge is 0.355 e. The fourth-order valence-electron chi connectivity index (χ4n) is 3.84. The number of benzene rings is 1. The summed E-state index contributed by atoms with van der Waals surface area (Å²) in [6.07, 6.45) is 4.91. The molecule has 1 N–H and O–H groups in total. The van der Waals surface area contributed by atoms with Crippen molar-refractivity contribution in [3.05, 3.63) is 30.0 Å². The van der Waals surface area contributed by atoms with Crippen molar-refractivity contribution in [1.82, 2.24) is 20.4 Å². The minimum Gasteiger partial charge on any atom is -0.355 e. The third kappa shape index (κ3) is 3.44. The van der Waals surface area contributed by atoms with Crippen LogP contribution in [0.25, 0.3) is 10.8 Å². The van der Waals surface area contributed by atoms with Gasteiger partial charge in [0.2, 0.25) is 0 Å². The third-order valence-corrected chi connectivity index (χ3v) is 5.20. The lowest BCUT2D eigenvalue weighted by Gasteiger charge is -2.19. The van der Waals surface area contributed by atoms with Crippen LogP contribution in [0.2, 0.25) is 0 Å². The minimum atomic E-state index is -0.129. The van der Waals surface area contributed by atoms with Crippen LogP contribution in [0.1, 0.15) is 36.2 Å². The van der Waals surface area contributed by atoms with E-state index in [1.165, 1.54) is 25.7 Å². The van der Waals surface area contributed by atoms with E-state index in [9.17, 15) is 4.79 Å². The predicted octanol–water partition coefficient (Wildman–Crippen LogP) is 2.06. The first kappa shape index (κ1) is 16.3. The Bertz CT molecular complexity index is 751. The molecular weight excluding hydrogens is 314 g/mol. The van der Waals surface area contributed by atoms with Gasteiger partial charge in [-0.1, -0.05) is 24.3 Å². The number of likely N-dealkylation sites (tertiary alicyclic amines) is 1. The number of anilines is 1. The molecule has 132 valence electrons. The lowest BCUT2D eigenvalue weighted by atomic mass is 10.1. The number of nitrogens with zero attached hydrogens (tertiary/aromatic N) is 4. The van der Waals surface area contributed by atoms with Crippen LogP contribution in [-0.4, -0.2) is 60.3 Å². The number of carbonyl (C=O) groups excluding carboxylic acids is 1. The zero-order chi connectivity index (χ0) is 17.1. The zero-order valence-corrected chi connectivity index (χ0v) is 14.6. The molecule has 0 radical (unpaired) electrons. The van der Waals surface area contributed by atoms with Gasteiger partial charge in [-0.2, -0.15) is 0 Å². The van der Waals surface area contributed by atoms with E-state index in [1.54, 1.807) is 0 Å². The lowest BCUT2D eigenvalue weighted by Crippen LogP contribution is -2.34. The fraction of sp³-hybridized carbons (Fsp3) is 0.526. The van der Waals surface area contributed by atoms with Crippen molar-refractivity contribution in [2.75, 3.05) is 44.2 Å². The number of hydrogen-bond donors (Lipinski definition) is 1. The van der Waals surface area contributed by atoms with Crippen LogP contribution < -0.4 is 10.2 Å². The van der Waals surface area contributed by atoms with Crippen LogP contribution in [0, 0.1) is 0 Å². The van der Waals surface area contributed by atoms with Crippen molar-refractivity contribution in [3.8, 4) is 0 Å². The normalized spacial score (nSPS) is 18.2. The summed E-state index contributed by atoms with van der Waals surface area (Å²) in [5, 5.41) is 13.6. The maximum absolute atomic E-state index is 12.6. The second-order valence-electron chi connectivity index (χ2n) is 6.92. The van der Waals surface area contributed by atoms with Gasteiger partial charge in [0.05, 0.1) is 0 Å². The first-order valence-corrected chi connectivity index (χ1v) is 9.34. The highest BCUT2D eigenvalue weighted by Crippen LogP contribution is 2.28. The molecule has 0 bridgehead atoms. The number of fused-ring (bicyclic) bond motifs is 1. The number of nitrogens with one attached hydrogen (secondary N) is 1. The average molecular weight is 339 g/mol. The Labute approximate surface area is 148 Å². The van der Waals surface area contributed by atoms with Crippen molar-refractivity contribution in [2.24, 2.45) is 0 Å². The van der Waals surface area contributed by atoms with Gasteiger partial charge in [0.1, 0.15) is 0 Å². The molecule has 3 heterocycles. The fourth-order valence-corrected chi connectivity index (χ4v) is 3.84. The summed E-state index contributed by atoms with van der Waals surface area (Å²) < 4.78 is 0. The van der Waals surface area contributed by atoms with Gasteiger partial charge in [0.15, 0.2) is 11.5 Å². The van der Waals surface area contributed by atoms with E-state index in [4.69, 9.17) is 0 Å². The molecule has 2 aromatic rings. The summed E-state index contributed by atoms with van der Waals surface area (Å²) >= 11 is 0. The summed E-state index contributed by atoms with van der Waals surface area (Å²) in [5.41, 5.74) is 0.431. The molecule has 1 aromatic carbocycles. The second kappa shape index (κ2) is 7.35. The van der Waals surface area contributed by atoms with Gasteiger partial charge in [-0.05, 0) is 38.8 Å². The van der Waals surface area contributed by atoms with E-state index in [0.29, 0.717) is 12.2 Å². The Kier molecular flexibility index (Phi) is 4.78. The number of amides is 1. The number of aromatic nitrogens is 2. The summed E-state index contributed by atoms with van der Waals surface area (Å²) in [5.74, 6) is 0.776. The summed E-state index contributed by atoms with van der Waals surface area (Å²) in [7, 11) is 0. The SMILES string of the molecule is O=C(NCCN1CCCC1)c1nnc(N2CCCC2)c2ccccc12. The molecule has 2 aliphatic rings. The van der Waals surface area contributed by atoms with E-state index in [1.807, 2.05) is 24.3 Å². The smallest absolute Gasteiger partial charge is 0.272 e. The molecule has 25 heavy (non-hydrogen) atoms. The van der Waals surface area contributed by atoms with Gasteiger partial charge in [0, 0.05) is 37.0 Å². The topological polar surface area (TPSA) is 61.4 Å². The van der Waals surface area contributed by atoms with Crippen LogP contribution in [-0.2, 0) is 0 Å². The Morgan fingerprint density at radius 3 is 2.40 bits per heavy atom. The number of carbonyl (C=O) groups is 1. The quantitative estimate of drug-likeness (QED) is 0.903. The molecule has 6 heteroatoms. The van der Waals surface area contributed by atoms with E-state index in [0.717, 1.165) is 49.3 Å². The highest BCUT2D eigenvalue weighted by Gasteiger charge is 2.21. The van der Waals surface area contributed by atoms with E-state index >= 15 is 0 Å². The molecule has 2 fully saturated rings. The first-order chi connectivity index (χ1) is 12.3. The lowest BCUT2D eigenvalue weighted by molar-refractivity contribution is 0.0945. The molecule has 6 nitrogen and oxygen atoms in total. The Balaban J connectivity index is 1.52. The molecule has 0 aliphatic carbocycles. The molecule has 1 amide bonds. The molecule has 0 atom stereocenters. The molecule has 4 rings (SSSR count). The molecule has 0 saturated carbocycles. The molecule has 1 aromatic heterocycles. The van der Waals surface area contributed by atoms with Gasteiger partial charge in [-0.25, -0.2) is 0 Å². The highest BCUT2D eigenvalue weighted by atomic mass is 16.1. The molecule has 0 spiro atoms. The monoisotopic (exact) mass is 339 g/mol. The first-order valence-electron chi connectivity index (χ1n) is 9.34. The van der Waals surface area contributed by atoms with Crippen molar-refractivity contribution >= 4 is 22.5 Å². The van der Waals surface area contributed by atoms with Crippen molar-refractivity contribution in [3.63, 3.8) is 0 Å². The van der Waals surface area contributed by atoms with Crippen molar-refractivity contribution in [1.29, 1.82) is 0 Å². The Morgan fingerprint density at radius 2 is 1.64 bits per heavy atom. The highest BCUT2D eigenvalue weighted by molar-refractivity contribution is 6.07. The Hall–Kier alpha value is -2.21. The molecule has 0 unspecified atom stereocenters. The van der Waals surface area contributed by atoms with Crippen LogP contribution in [0.5, 0.6) is 0 Å². The minimum absolute atomic E-state index is 0.129. The number of hydrogen-bond acceptors (Lipinski definition) is 5. The van der Waals surface area contributed by atoms with Crippen LogP contribution in [0.3, 0.4) is 0 Å². The van der Waals surface area contributed by atoms with Crippen molar-refractivity contribution in [2.45, 2.75) is 25.7 Å². The van der Waals surface area contributed by atoms with Crippen LogP contribution in [0.4, 0.5) is 5.82 Å². The maximum atomic E-state index is 12.6. The Morgan fingerprint density at radius 1 is 0.960 bits per heavy atom. The van der Waals surface area contributed by atoms with Gasteiger partial charge in [0.25, 0.3) is 5.91 Å². The predicted molar refractivity (Wildman–Crippen MR) is 99.0 cm³/mol. The standard InChI is InChI=1S/C19H25N5O/c25-19(20-9-14-23-10-3-4-11-23)17-15-7-1-2-8-16(15)18(22-21-17)24-12-5-6-13-24/h1-2,7-8H,3-6,9-14H2,(H,20,25).